The summed E-state index contributed by atoms with van der Waals surface area (Å²) in [5.74, 6) is -1.17. The number of sulfonamides is 1. The second kappa shape index (κ2) is 8.83. The van der Waals surface area contributed by atoms with E-state index >= 15 is 0 Å². The molecule has 1 aromatic heterocycles. The fraction of sp³-hybridized carbons (Fsp3) is 0.227. The molecule has 2 amide bonds. The Labute approximate surface area is 180 Å². The number of hydrogen-bond acceptors (Lipinski definition) is 5. The van der Waals surface area contributed by atoms with Gasteiger partial charge in [-0.3, -0.25) is 25.4 Å². The van der Waals surface area contributed by atoms with Crippen LogP contribution in [0.2, 0.25) is 0 Å². The first-order valence-electron chi connectivity index (χ1n) is 9.94. The molecule has 0 atom stereocenters. The van der Waals surface area contributed by atoms with E-state index in [1.165, 1.54) is 10.5 Å². The van der Waals surface area contributed by atoms with Crippen LogP contribution in [0.3, 0.4) is 0 Å². The number of piperidine rings is 1. The van der Waals surface area contributed by atoms with Crippen LogP contribution < -0.4 is 10.9 Å². The van der Waals surface area contributed by atoms with Gasteiger partial charge in [0.15, 0.2) is 0 Å². The van der Waals surface area contributed by atoms with Gasteiger partial charge in [-0.15, -0.1) is 0 Å². The Morgan fingerprint density at radius 1 is 0.935 bits per heavy atom. The van der Waals surface area contributed by atoms with Crippen molar-refractivity contribution in [2.24, 2.45) is 5.92 Å². The summed E-state index contributed by atoms with van der Waals surface area (Å²) >= 11 is 0. The molecule has 0 aliphatic carbocycles. The van der Waals surface area contributed by atoms with Crippen LogP contribution in [0.25, 0.3) is 10.8 Å². The van der Waals surface area contributed by atoms with Crippen molar-refractivity contribution in [3.63, 3.8) is 0 Å². The second-order valence-corrected chi connectivity index (χ2v) is 9.31. The molecule has 0 spiro atoms. The zero-order valence-corrected chi connectivity index (χ0v) is 17.5. The molecule has 1 aliphatic heterocycles. The fourth-order valence-corrected chi connectivity index (χ4v) is 5.13. The number of carbonyl (C=O) groups excluding carboxylic acids is 2. The summed E-state index contributed by atoms with van der Waals surface area (Å²) in [4.78, 5) is 28.5. The second-order valence-electron chi connectivity index (χ2n) is 7.37. The third-order valence-corrected chi connectivity index (χ3v) is 7.30. The van der Waals surface area contributed by atoms with Gasteiger partial charge < -0.3 is 0 Å². The highest BCUT2D eigenvalue weighted by Crippen LogP contribution is 2.26. The number of nitrogens with zero attached hydrogens (tertiary/aromatic N) is 2. The van der Waals surface area contributed by atoms with Gasteiger partial charge in [-0.05, 0) is 47.9 Å². The monoisotopic (exact) mass is 438 g/mol. The number of rotatable bonds is 4. The van der Waals surface area contributed by atoms with E-state index in [9.17, 15) is 18.0 Å². The van der Waals surface area contributed by atoms with Gasteiger partial charge >= 0.3 is 0 Å². The zero-order valence-electron chi connectivity index (χ0n) is 16.7. The number of aromatic nitrogens is 1. The van der Waals surface area contributed by atoms with Gasteiger partial charge in [0.25, 0.3) is 5.91 Å². The van der Waals surface area contributed by atoms with Gasteiger partial charge in [0.2, 0.25) is 15.9 Å². The quantitative estimate of drug-likeness (QED) is 0.607. The highest BCUT2D eigenvalue weighted by Gasteiger charge is 2.32. The van der Waals surface area contributed by atoms with Crippen molar-refractivity contribution in [2.75, 3.05) is 13.1 Å². The maximum Gasteiger partial charge on any atom is 0.271 e. The summed E-state index contributed by atoms with van der Waals surface area (Å²) < 4.78 is 27.5. The normalized spacial score (nSPS) is 15.5. The maximum absolute atomic E-state index is 13.0. The average Bonchev–Trinajstić information content (AvgIpc) is 2.82. The van der Waals surface area contributed by atoms with E-state index in [0.29, 0.717) is 18.4 Å². The molecule has 2 N–H and O–H groups in total. The molecule has 9 heteroatoms. The molecule has 160 valence electrons. The molecule has 1 saturated heterocycles. The third-order valence-electron chi connectivity index (χ3n) is 5.41. The molecular formula is C22H22N4O4S. The predicted molar refractivity (Wildman–Crippen MR) is 115 cm³/mol. The molecular weight excluding hydrogens is 416 g/mol. The number of fused-ring (bicyclic) bond motifs is 1. The lowest BCUT2D eigenvalue weighted by atomic mass is 9.98. The Bertz CT molecular complexity index is 1210. The number of hydrazine groups is 1. The average molecular weight is 439 g/mol. The number of amides is 2. The van der Waals surface area contributed by atoms with Crippen LogP contribution in [0.4, 0.5) is 0 Å². The van der Waals surface area contributed by atoms with Crippen molar-refractivity contribution >= 4 is 32.6 Å². The van der Waals surface area contributed by atoms with E-state index in [1.807, 2.05) is 24.3 Å². The molecule has 1 fully saturated rings. The molecule has 1 aliphatic rings. The minimum absolute atomic E-state index is 0.240. The van der Waals surface area contributed by atoms with E-state index < -0.39 is 15.9 Å². The highest BCUT2D eigenvalue weighted by molar-refractivity contribution is 7.89. The first-order chi connectivity index (χ1) is 14.9. The van der Waals surface area contributed by atoms with Crippen molar-refractivity contribution in [1.29, 1.82) is 0 Å². The minimum Gasteiger partial charge on any atom is -0.273 e. The maximum atomic E-state index is 13.0. The standard InChI is InChI=1S/C22H22N4O4S/c27-21(24-25-22(28)19-6-3-11-23-15-19)17-9-12-26(13-10-17)31(29,30)20-8-7-16-4-1-2-5-18(16)14-20/h1-8,11,14-15,17H,9-10,12-13H2,(H,24,27)(H,25,28). The Morgan fingerprint density at radius 2 is 1.68 bits per heavy atom. The summed E-state index contributed by atoms with van der Waals surface area (Å²) in [6.07, 6.45) is 3.70. The Balaban J connectivity index is 1.35. The van der Waals surface area contributed by atoms with Crippen molar-refractivity contribution < 1.29 is 18.0 Å². The third kappa shape index (κ3) is 4.57. The van der Waals surface area contributed by atoms with E-state index in [2.05, 4.69) is 15.8 Å². The van der Waals surface area contributed by atoms with Gasteiger partial charge in [-0.1, -0.05) is 30.3 Å². The number of benzene rings is 2. The van der Waals surface area contributed by atoms with E-state index in [-0.39, 0.29) is 29.8 Å². The van der Waals surface area contributed by atoms with E-state index in [4.69, 9.17) is 0 Å². The fourth-order valence-electron chi connectivity index (χ4n) is 3.62. The molecule has 0 unspecified atom stereocenters. The summed E-state index contributed by atoms with van der Waals surface area (Å²) in [6, 6.07) is 15.9. The molecule has 8 nitrogen and oxygen atoms in total. The topological polar surface area (TPSA) is 108 Å². The molecule has 0 saturated carbocycles. The van der Waals surface area contributed by atoms with E-state index in [0.717, 1.165) is 10.8 Å². The highest BCUT2D eigenvalue weighted by atomic mass is 32.2. The van der Waals surface area contributed by atoms with Crippen LogP contribution in [-0.2, 0) is 14.8 Å². The molecule has 31 heavy (non-hydrogen) atoms. The summed E-state index contributed by atoms with van der Waals surface area (Å²) in [5.41, 5.74) is 5.12. The van der Waals surface area contributed by atoms with Gasteiger partial charge in [-0.25, -0.2) is 8.42 Å². The van der Waals surface area contributed by atoms with Crippen LogP contribution in [0.5, 0.6) is 0 Å². The lowest BCUT2D eigenvalue weighted by Crippen LogP contribution is -2.48. The Morgan fingerprint density at radius 3 is 2.39 bits per heavy atom. The molecule has 2 heterocycles. The number of pyridine rings is 1. The first-order valence-corrected chi connectivity index (χ1v) is 11.4. The van der Waals surface area contributed by atoms with Gasteiger partial charge in [0.1, 0.15) is 0 Å². The lowest BCUT2D eigenvalue weighted by molar-refractivity contribution is -0.126. The first kappa shape index (κ1) is 21.0. The van der Waals surface area contributed by atoms with Crippen molar-refractivity contribution in [3.05, 3.63) is 72.6 Å². The Kier molecular flexibility index (Phi) is 5.97. The van der Waals surface area contributed by atoms with Crippen LogP contribution in [0.15, 0.2) is 71.9 Å². The van der Waals surface area contributed by atoms with Crippen molar-refractivity contribution in [1.82, 2.24) is 20.1 Å². The Hall–Kier alpha value is -3.30. The molecule has 4 rings (SSSR count). The number of carbonyl (C=O) groups is 2. The molecule has 0 bridgehead atoms. The van der Waals surface area contributed by atoms with E-state index in [1.54, 1.807) is 36.5 Å². The smallest absolute Gasteiger partial charge is 0.271 e. The zero-order chi connectivity index (χ0) is 21.8. The van der Waals surface area contributed by atoms with Gasteiger partial charge in [0, 0.05) is 31.4 Å². The SMILES string of the molecule is O=C(NNC(=O)C1CCN(S(=O)(=O)c2ccc3ccccc3c2)CC1)c1cccnc1. The van der Waals surface area contributed by atoms with Crippen molar-refractivity contribution in [3.8, 4) is 0 Å². The molecule has 3 aromatic rings. The van der Waals surface area contributed by atoms with Crippen LogP contribution >= 0.6 is 0 Å². The van der Waals surface area contributed by atoms with Crippen LogP contribution in [-0.4, -0.2) is 42.6 Å². The number of hydrogen-bond donors (Lipinski definition) is 2. The predicted octanol–water partition coefficient (Wildman–Crippen LogP) is 2.10. The summed E-state index contributed by atoms with van der Waals surface area (Å²) in [7, 11) is -3.64. The van der Waals surface area contributed by atoms with Gasteiger partial charge in [0.05, 0.1) is 10.5 Å². The summed E-state index contributed by atoms with van der Waals surface area (Å²) in [5, 5.41) is 1.84. The molecule has 0 radical (unpaired) electrons. The molecule has 2 aromatic carbocycles. The summed E-state index contributed by atoms with van der Waals surface area (Å²) in [6.45, 7) is 0.480. The van der Waals surface area contributed by atoms with Crippen molar-refractivity contribution in [2.45, 2.75) is 17.7 Å². The van der Waals surface area contributed by atoms with Crippen LogP contribution in [0, 0.1) is 5.92 Å². The number of nitrogens with one attached hydrogen (secondary N) is 2. The van der Waals surface area contributed by atoms with Gasteiger partial charge in [-0.2, -0.15) is 4.31 Å². The largest absolute Gasteiger partial charge is 0.273 e. The van der Waals surface area contributed by atoms with Crippen LogP contribution in [0.1, 0.15) is 23.2 Å². The minimum atomic E-state index is -3.64. The lowest BCUT2D eigenvalue weighted by Gasteiger charge is -2.30.